The predicted molar refractivity (Wildman–Crippen MR) is 59.4 cm³/mol. The summed E-state index contributed by atoms with van der Waals surface area (Å²) >= 11 is 0. The Kier molecular flexibility index (Phi) is 4.43. The molecule has 3 heteroatoms. The second kappa shape index (κ2) is 5.61. The van der Waals surface area contributed by atoms with Gasteiger partial charge in [0.1, 0.15) is 11.5 Å². The summed E-state index contributed by atoms with van der Waals surface area (Å²) in [6, 6.07) is 5.50. The van der Waals surface area contributed by atoms with Gasteiger partial charge in [-0.05, 0) is 39.0 Å². The Balaban J connectivity index is 2.97. The molecule has 0 spiro atoms. The van der Waals surface area contributed by atoms with E-state index in [1.165, 1.54) is 0 Å². The Morgan fingerprint density at radius 2 is 1.87 bits per heavy atom. The van der Waals surface area contributed by atoms with E-state index in [9.17, 15) is 5.11 Å². The van der Waals surface area contributed by atoms with Crippen molar-refractivity contribution in [3.05, 3.63) is 23.8 Å². The summed E-state index contributed by atoms with van der Waals surface area (Å²) in [6.45, 7) is 6.77. The van der Waals surface area contributed by atoms with Crippen molar-refractivity contribution in [1.29, 1.82) is 0 Å². The zero-order valence-corrected chi connectivity index (χ0v) is 9.49. The highest BCUT2D eigenvalue weighted by Crippen LogP contribution is 2.29. The lowest BCUT2D eigenvalue weighted by Gasteiger charge is -2.14. The number of hydrogen-bond acceptors (Lipinski definition) is 3. The second-order valence-electron chi connectivity index (χ2n) is 3.24. The molecule has 0 bridgehead atoms. The molecule has 0 heterocycles. The van der Waals surface area contributed by atoms with Gasteiger partial charge in [-0.1, -0.05) is 0 Å². The highest BCUT2D eigenvalue weighted by atomic mass is 16.5. The molecule has 0 aliphatic heterocycles. The Morgan fingerprint density at radius 1 is 1.20 bits per heavy atom. The SMILES string of the molecule is CCOc1ccc(OCC)c([C@H](C)O)c1. The van der Waals surface area contributed by atoms with Gasteiger partial charge in [-0.3, -0.25) is 0 Å². The molecule has 1 rings (SSSR count). The standard InChI is InChI=1S/C12H18O3/c1-4-14-10-6-7-12(15-5-2)11(8-10)9(3)13/h6-9,13H,4-5H2,1-3H3/t9-/m0/s1. The molecule has 0 unspecified atom stereocenters. The van der Waals surface area contributed by atoms with Crippen LogP contribution in [-0.2, 0) is 0 Å². The Bertz CT molecular complexity index is 308. The van der Waals surface area contributed by atoms with Crippen molar-refractivity contribution in [2.75, 3.05) is 13.2 Å². The van der Waals surface area contributed by atoms with E-state index in [2.05, 4.69) is 0 Å². The number of ether oxygens (including phenoxy) is 2. The van der Waals surface area contributed by atoms with Crippen molar-refractivity contribution in [2.45, 2.75) is 26.9 Å². The molecule has 0 amide bonds. The third-order valence-electron chi connectivity index (χ3n) is 2.04. The van der Waals surface area contributed by atoms with E-state index in [-0.39, 0.29) is 0 Å². The van der Waals surface area contributed by atoms with Crippen LogP contribution >= 0.6 is 0 Å². The molecule has 0 aliphatic rings. The lowest BCUT2D eigenvalue weighted by atomic mass is 10.1. The molecule has 1 atom stereocenters. The van der Waals surface area contributed by atoms with Crippen molar-refractivity contribution in [1.82, 2.24) is 0 Å². The molecule has 0 fully saturated rings. The molecule has 0 aromatic heterocycles. The first-order chi connectivity index (χ1) is 7.19. The van der Waals surface area contributed by atoms with Gasteiger partial charge in [-0.15, -0.1) is 0 Å². The molecule has 0 saturated carbocycles. The smallest absolute Gasteiger partial charge is 0.125 e. The summed E-state index contributed by atoms with van der Waals surface area (Å²) in [5, 5.41) is 9.59. The van der Waals surface area contributed by atoms with E-state index < -0.39 is 6.10 Å². The van der Waals surface area contributed by atoms with Gasteiger partial charge in [0.25, 0.3) is 0 Å². The van der Waals surface area contributed by atoms with E-state index in [0.717, 1.165) is 17.1 Å². The number of rotatable bonds is 5. The quantitative estimate of drug-likeness (QED) is 0.811. The molecule has 0 radical (unpaired) electrons. The third-order valence-corrected chi connectivity index (χ3v) is 2.04. The van der Waals surface area contributed by atoms with Gasteiger partial charge in [0.05, 0.1) is 19.3 Å². The summed E-state index contributed by atoms with van der Waals surface area (Å²) in [4.78, 5) is 0. The van der Waals surface area contributed by atoms with E-state index in [1.807, 2.05) is 32.0 Å². The van der Waals surface area contributed by atoms with Crippen LogP contribution in [0.3, 0.4) is 0 Å². The first-order valence-corrected chi connectivity index (χ1v) is 5.26. The zero-order chi connectivity index (χ0) is 11.3. The van der Waals surface area contributed by atoms with Crippen LogP contribution in [0.1, 0.15) is 32.4 Å². The Labute approximate surface area is 90.6 Å². The molecular formula is C12H18O3. The molecule has 1 aromatic rings. The first-order valence-electron chi connectivity index (χ1n) is 5.26. The van der Waals surface area contributed by atoms with Crippen molar-refractivity contribution < 1.29 is 14.6 Å². The summed E-state index contributed by atoms with van der Waals surface area (Å²) in [7, 11) is 0. The van der Waals surface area contributed by atoms with Crippen LogP contribution in [0.25, 0.3) is 0 Å². The van der Waals surface area contributed by atoms with Crippen molar-refractivity contribution >= 4 is 0 Å². The van der Waals surface area contributed by atoms with Gasteiger partial charge in [-0.25, -0.2) is 0 Å². The van der Waals surface area contributed by atoms with Crippen LogP contribution in [-0.4, -0.2) is 18.3 Å². The predicted octanol–water partition coefficient (Wildman–Crippen LogP) is 2.54. The molecule has 15 heavy (non-hydrogen) atoms. The van der Waals surface area contributed by atoms with Crippen LogP contribution in [0.5, 0.6) is 11.5 Å². The van der Waals surface area contributed by atoms with Crippen molar-refractivity contribution in [3.8, 4) is 11.5 Å². The molecule has 84 valence electrons. The van der Waals surface area contributed by atoms with Gasteiger partial charge in [0.2, 0.25) is 0 Å². The minimum atomic E-state index is -0.549. The lowest BCUT2D eigenvalue weighted by Crippen LogP contribution is -2.01. The van der Waals surface area contributed by atoms with Gasteiger partial charge >= 0.3 is 0 Å². The summed E-state index contributed by atoms with van der Waals surface area (Å²) in [5.41, 5.74) is 0.766. The van der Waals surface area contributed by atoms with Crippen molar-refractivity contribution in [2.24, 2.45) is 0 Å². The summed E-state index contributed by atoms with van der Waals surface area (Å²) in [5.74, 6) is 1.48. The monoisotopic (exact) mass is 210 g/mol. The van der Waals surface area contributed by atoms with Crippen LogP contribution < -0.4 is 9.47 Å². The summed E-state index contributed by atoms with van der Waals surface area (Å²) < 4.78 is 10.8. The fraction of sp³-hybridized carbons (Fsp3) is 0.500. The molecule has 0 aliphatic carbocycles. The highest BCUT2D eigenvalue weighted by molar-refractivity contribution is 5.41. The maximum absolute atomic E-state index is 9.59. The fourth-order valence-corrected chi connectivity index (χ4v) is 1.40. The average molecular weight is 210 g/mol. The van der Waals surface area contributed by atoms with E-state index >= 15 is 0 Å². The zero-order valence-electron chi connectivity index (χ0n) is 9.49. The van der Waals surface area contributed by atoms with Crippen LogP contribution in [0.4, 0.5) is 0 Å². The van der Waals surface area contributed by atoms with Gasteiger partial charge < -0.3 is 14.6 Å². The fourth-order valence-electron chi connectivity index (χ4n) is 1.40. The number of hydrogen-bond donors (Lipinski definition) is 1. The van der Waals surface area contributed by atoms with E-state index in [1.54, 1.807) is 6.92 Å². The molecular weight excluding hydrogens is 192 g/mol. The number of aliphatic hydroxyl groups is 1. The highest BCUT2D eigenvalue weighted by Gasteiger charge is 2.10. The van der Waals surface area contributed by atoms with Crippen LogP contribution in [0.2, 0.25) is 0 Å². The van der Waals surface area contributed by atoms with Gasteiger partial charge in [0, 0.05) is 5.56 Å². The molecule has 0 saturated heterocycles. The Hall–Kier alpha value is -1.22. The minimum absolute atomic E-state index is 0.549. The van der Waals surface area contributed by atoms with Gasteiger partial charge in [0.15, 0.2) is 0 Å². The lowest BCUT2D eigenvalue weighted by molar-refractivity contribution is 0.191. The largest absolute Gasteiger partial charge is 0.494 e. The third kappa shape index (κ3) is 3.13. The molecule has 3 nitrogen and oxygen atoms in total. The second-order valence-corrected chi connectivity index (χ2v) is 3.24. The normalized spacial score (nSPS) is 12.3. The Morgan fingerprint density at radius 3 is 2.40 bits per heavy atom. The first kappa shape index (κ1) is 11.9. The van der Waals surface area contributed by atoms with E-state index in [4.69, 9.17) is 9.47 Å². The molecule has 1 N–H and O–H groups in total. The van der Waals surface area contributed by atoms with E-state index in [0.29, 0.717) is 13.2 Å². The van der Waals surface area contributed by atoms with Crippen molar-refractivity contribution in [3.63, 3.8) is 0 Å². The molecule has 1 aromatic carbocycles. The van der Waals surface area contributed by atoms with Gasteiger partial charge in [-0.2, -0.15) is 0 Å². The van der Waals surface area contributed by atoms with Crippen LogP contribution in [0.15, 0.2) is 18.2 Å². The topological polar surface area (TPSA) is 38.7 Å². The number of benzene rings is 1. The summed E-state index contributed by atoms with van der Waals surface area (Å²) in [6.07, 6.45) is -0.549. The minimum Gasteiger partial charge on any atom is -0.494 e. The maximum Gasteiger partial charge on any atom is 0.125 e. The average Bonchev–Trinajstić information content (AvgIpc) is 2.21. The number of aliphatic hydroxyl groups excluding tert-OH is 1. The van der Waals surface area contributed by atoms with Crippen LogP contribution in [0, 0.1) is 0 Å². The maximum atomic E-state index is 9.59.